The lowest BCUT2D eigenvalue weighted by Crippen LogP contribution is -2.33. The van der Waals surface area contributed by atoms with Gasteiger partial charge in [0.25, 0.3) is 0 Å². The molecule has 1 heterocycles. The van der Waals surface area contributed by atoms with Crippen molar-refractivity contribution in [2.24, 2.45) is 5.92 Å². The summed E-state index contributed by atoms with van der Waals surface area (Å²) < 4.78 is 36.9. The van der Waals surface area contributed by atoms with Crippen LogP contribution in [0.3, 0.4) is 0 Å². The van der Waals surface area contributed by atoms with Crippen molar-refractivity contribution in [2.45, 2.75) is 32.2 Å². The molecule has 0 saturated carbocycles. The molecule has 1 aliphatic heterocycles. The molecule has 21 heavy (non-hydrogen) atoms. The van der Waals surface area contributed by atoms with Crippen LogP contribution in [0, 0.1) is 11.7 Å². The van der Waals surface area contributed by atoms with Crippen LogP contribution in [-0.4, -0.2) is 26.5 Å². The number of nitrogens with one attached hydrogen (secondary N) is 1. The van der Waals surface area contributed by atoms with E-state index in [1.807, 2.05) is 6.92 Å². The second-order valence-corrected chi connectivity index (χ2v) is 8.32. The van der Waals surface area contributed by atoms with Gasteiger partial charge in [-0.05, 0) is 37.8 Å². The van der Waals surface area contributed by atoms with Crippen molar-refractivity contribution in [3.05, 3.63) is 34.6 Å². The molecule has 0 unspecified atom stereocenters. The Morgan fingerprint density at radius 1 is 1.38 bits per heavy atom. The van der Waals surface area contributed by atoms with E-state index in [2.05, 4.69) is 5.32 Å². The number of hydrogen-bond acceptors (Lipinski definition) is 3. The van der Waals surface area contributed by atoms with Crippen LogP contribution in [0.25, 0.3) is 0 Å². The maximum atomic E-state index is 14.1. The van der Waals surface area contributed by atoms with Gasteiger partial charge < -0.3 is 5.32 Å². The first kappa shape index (κ1) is 16.7. The van der Waals surface area contributed by atoms with Crippen LogP contribution in [0.1, 0.15) is 37.8 Å². The monoisotopic (exact) mass is 333 g/mol. The number of halogens is 2. The Balaban J connectivity index is 1.96. The van der Waals surface area contributed by atoms with Crippen molar-refractivity contribution in [3.8, 4) is 0 Å². The molecule has 0 spiro atoms. The number of rotatable bonds is 5. The molecule has 1 saturated heterocycles. The van der Waals surface area contributed by atoms with E-state index in [9.17, 15) is 12.8 Å². The van der Waals surface area contributed by atoms with E-state index in [0.717, 1.165) is 6.42 Å². The minimum atomic E-state index is -2.83. The molecule has 118 valence electrons. The summed E-state index contributed by atoms with van der Waals surface area (Å²) in [7, 11) is -2.83. The topological polar surface area (TPSA) is 46.2 Å². The van der Waals surface area contributed by atoms with Crippen molar-refractivity contribution in [1.29, 1.82) is 0 Å². The Labute approximate surface area is 130 Å². The first-order valence-electron chi connectivity index (χ1n) is 7.30. The molecule has 2 rings (SSSR count). The highest BCUT2D eigenvalue weighted by molar-refractivity contribution is 7.91. The molecule has 0 aromatic heterocycles. The summed E-state index contributed by atoms with van der Waals surface area (Å²) in [6.07, 6.45) is 2.12. The summed E-state index contributed by atoms with van der Waals surface area (Å²) in [6.45, 7) is 2.70. The van der Waals surface area contributed by atoms with E-state index in [0.29, 0.717) is 30.9 Å². The molecule has 0 amide bonds. The predicted octanol–water partition coefficient (Wildman–Crippen LogP) is 3.34. The van der Waals surface area contributed by atoms with E-state index in [1.165, 1.54) is 0 Å². The standard InChI is InChI=1S/C15H21ClFNO2S/c1-2-14(12-4-3-5-13(16)15(12)17)18-10-11-6-8-21(19,20)9-7-11/h3-5,11,14,18H,2,6-10H2,1H3/t14-/m1/s1. The molecule has 3 nitrogen and oxygen atoms in total. The fourth-order valence-electron chi connectivity index (χ4n) is 2.72. The maximum Gasteiger partial charge on any atom is 0.150 e. The smallest absolute Gasteiger partial charge is 0.150 e. The largest absolute Gasteiger partial charge is 0.310 e. The van der Waals surface area contributed by atoms with Gasteiger partial charge in [-0.25, -0.2) is 12.8 Å². The second kappa shape index (κ2) is 7.07. The van der Waals surface area contributed by atoms with Crippen LogP contribution in [0.5, 0.6) is 0 Å². The summed E-state index contributed by atoms with van der Waals surface area (Å²) in [5, 5.41) is 3.49. The van der Waals surface area contributed by atoms with Crippen LogP contribution >= 0.6 is 11.6 Å². The van der Waals surface area contributed by atoms with E-state index in [4.69, 9.17) is 11.6 Å². The van der Waals surface area contributed by atoms with Crippen LogP contribution in [0.2, 0.25) is 5.02 Å². The molecule has 1 atom stereocenters. The molecular formula is C15H21ClFNO2S. The average Bonchev–Trinajstić information content (AvgIpc) is 2.45. The number of sulfone groups is 1. The summed E-state index contributed by atoms with van der Waals surface area (Å²) in [5.41, 5.74) is 0.577. The van der Waals surface area contributed by atoms with Gasteiger partial charge in [0.15, 0.2) is 0 Å². The number of hydrogen-bond donors (Lipinski definition) is 1. The van der Waals surface area contributed by atoms with Crippen molar-refractivity contribution in [2.75, 3.05) is 18.1 Å². The molecule has 0 radical (unpaired) electrons. The Morgan fingerprint density at radius 3 is 2.67 bits per heavy atom. The molecule has 1 aliphatic rings. The van der Waals surface area contributed by atoms with Gasteiger partial charge in [0.2, 0.25) is 0 Å². The quantitative estimate of drug-likeness (QED) is 0.899. The predicted molar refractivity (Wildman–Crippen MR) is 83.8 cm³/mol. The van der Waals surface area contributed by atoms with Crippen LogP contribution in [-0.2, 0) is 9.84 Å². The third-order valence-electron chi connectivity index (χ3n) is 4.09. The van der Waals surface area contributed by atoms with E-state index in [-0.39, 0.29) is 28.4 Å². The van der Waals surface area contributed by atoms with Crippen LogP contribution in [0.4, 0.5) is 4.39 Å². The number of benzene rings is 1. The zero-order valence-electron chi connectivity index (χ0n) is 12.1. The normalized spacial score (nSPS) is 20.3. The van der Waals surface area contributed by atoms with E-state index >= 15 is 0 Å². The first-order valence-corrected chi connectivity index (χ1v) is 9.50. The zero-order chi connectivity index (χ0) is 15.5. The molecule has 1 fully saturated rings. The van der Waals surface area contributed by atoms with Gasteiger partial charge in [0.1, 0.15) is 15.7 Å². The first-order chi connectivity index (χ1) is 9.93. The SMILES string of the molecule is CC[C@@H](NCC1CCS(=O)(=O)CC1)c1cccc(Cl)c1F. The van der Waals surface area contributed by atoms with Gasteiger partial charge >= 0.3 is 0 Å². The van der Waals surface area contributed by atoms with Gasteiger partial charge in [-0.2, -0.15) is 0 Å². The zero-order valence-corrected chi connectivity index (χ0v) is 13.7. The lowest BCUT2D eigenvalue weighted by molar-refractivity contribution is 0.391. The summed E-state index contributed by atoms with van der Waals surface area (Å²) in [6, 6.07) is 4.94. The fraction of sp³-hybridized carbons (Fsp3) is 0.600. The van der Waals surface area contributed by atoms with Crippen LogP contribution in [0.15, 0.2) is 18.2 Å². The molecule has 0 aliphatic carbocycles. The van der Waals surface area contributed by atoms with Gasteiger partial charge in [0.05, 0.1) is 16.5 Å². The molecule has 6 heteroatoms. The lowest BCUT2D eigenvalue weighted by Gasteiger charge is -2.25. The van der Waals surface area contributed by atoms with Gasteiger partial charge in [0, 0.05) is 11.6 Å². The molecule has 1 N–H and O–H groups in total. The Kier molecular flexibility index (Phi) is 5.63. The maximum absolute atomic E-state index is 14.1. The molecule has 0 bridgehead atoms. The molecule has 1 aromatic rings. The summed E-state index contributed by atoms with van der Waals surface area (Å²) in [5.74, 6) is 0.498. The third kappa shape index (κ3) is 4.41. The summed E-state index contributed by atoms with van der Waals surface area (Å²) >= 11 is 5.83. The van der Waals surface area contributed by atoms with Gasteiger partial charge in [-0.15, -0.1) is 0 Å². The molecular weight excluding hydrogens is 313 g/mol. The van der Waals surface area contributed by atoms with Crippen molar-refractivity contribution in [1.82, 2.24) is 5.32 Å². The Bertz CT molecular complexity index is 577. The third-order valence-corrected chi connectivity index (χ3v) is 6.10. The second-order valence-electron chi connectivity index (χ2n) is 5.61. The highest BCUT2D eigenvalue weighted by Gasteiger charge is 2.24. The minimum Gasteiger partial charge on any atom is -0.310 e. The van der Waals surface area contributed by atoms with Crippen LogP contribution < -0.4 is 5.32 Å². The Hall–Kier alpha value is -0.650. The average molecular weight is 334 g/mol. The fourth-order valence-corrected chi connectivity index (χ4v) is 4.49. The van der Waals surface area contributed by atoms with Gasteiger partial charge in [-0.1, -0.05) is 30.7 Å². The van der Waals surface area contributed by atoms with E-state index in [1.54, 1.807) is 18.2 Å². The summed E-state index contributed by atoms with van der Waals surface area (Å²) in [4.78, 5) is 0. The van der Waals surface area contributed by atoms with Crippen molar-refractivity contribution in [3.63, 3.8) is 0 Å². The Morgan fingerprint density at radius 2 is 2.05 bits per heavy atom. The minimum absolute atomic E-state index is 0.0952. The highest BCUT2D eigenvalue weighted by atomic mass is 35.5. The van der Waals surface area contributed by atoms with E-state index < -0.39 is 9.84 Å². The van der Waals surface area contributed by atoms with Crippen molar-refractivity contribution < 1.29 is 12.8 Å². The molecule has 1 aromatic carbocycles. The highest BCUT2D eigenvalue weighted by Crippen LogP contribution is 2.26. The van der Waals surface area contributed by atoms with Gasteiger partial charge in [-0.3, -0.25) is 0 Å². The van der Waals surface area contributed by atoms with Crippen molar-refractivity contribution >= 4 is 21.4 Å². The lowest BCUT2D eigenvalue weighted by atomic mass is 9.99.